The first kappa shape index (κ1) is 10.5. The number of aromatic nitrogens is 1. The summed E-state index contributed by atoms with van der Waals surface area (Å²) in [4.78, 5) is 4.38. The van der Waals surface area contributed by atoms with Crippen molar-refractivity contribution < 1.29 is 9.13 Å². The first-order valence-electron chi connectivity index (χ1n) is 5.61. The maximum Gasteiger partial charge on any atom is 0.149 e. The molecule has 0 unspecified atom stereocenters. The van der Waals surface area contributed by atoms with Gasteiger partial charge in [-0.1, -0.05) is 0 Å². The Labute approximate surface area is 98.4 Å². The number of ether oxygens (including phenoxy) is 1. The monoisotopic (exact) mass is 232 g/mol. The lowest BCUT2D eigenvalue weighted by molar-refractivity contribution is 0.110. The molecule has 0 fully saturated rings. The minimum Gasteiger partial charge on any atom is -0.398 e. The van der Waals surface area contributed by atoms with Crippen LogP contribution >= 0.6 is 0 Å². The molecular formula is C13H13FN2O. The van der Waals surface area contributed by atoms with Gasteiger partial charge in [0.15, 0.2) is 0 Å². The van der Waals surface area contributed by atoms with Gasteiger partial charge in [-0.25, -0.2) is 9.37 Å². The van der Waals surface area contributed by atoms with Crippen LogP contribution in [-0.4, -0.2) is 11.6 Å². The molecule has 1 aliphatic rings. The van der Waals surface area contributed by atoms with Crippen LogP contribution in [0.25, 0.3) is 10.9 Å². The number of aryl methyl sites for hydroxylation is 1. The fourth-order valence-corrected chi connectivity index (χ4v) is 2.28. The van der Waals surface area contributed by atoms with Crippen molar-refractivity contribution in [1.82, 2.24) is 4.98 Å². The van der Waals surface area contributed by atoms with E-state index in [1.807, 2.05) is 13.0 Å². The van der Waals surface area contributed by atoms with Gasteiger partial charge in [0.25, 0.3) is 0 Å². The molecule has 2 N–H and O–H groups in total. The molecule has 0 saturated heterocycles. The van der Waals surface area contributed by atoms with Crippen LogP contribution < -0.4 is 5.73 Å². The van der Waals surface area contributed by atoms with Crippen LogP contribution in [0.3, 0.4) is 0 Å². The molecule has 17 heavy (non-hydrogen) atoms. The summed E-state index contributed by atoms with van der Waals surface area (Å²) in [6.07, 6.45) is 0.697. The molecule has 0 radical (unpaired) electrons. The number of benzene rings is 1. The van der Waals surface area contributed by atoms with E-state index in [9.17, 15) is 4.39 Å². The fourth-order valence-electron chi connectivity index (χ4n) is 2.28. The van der Waals surface area contributed by atoms with E-state index in [0.717, 1.165) is 16.8 Å². The molecule has 1 aromatic heterocycles. The summed E-state index contributed by atoms with van der Waals surface area (Å²) in [5.41, 5.74) is 9.69. The number of nitrogens with two attached hydrogens (primary N) is 1. The molecule has 0 aliphatic carbocycles. The molecule has 1 aromatic carbocycles. The van der Waals surface area contributed by atoms with Gasteiger partial charge in [-0.2, -0.15) is 0 Å². The summed E-state index contributed by atoms with van der Waals surface area (Å²) in [5.74, 6) is -0.305. The second-order valence-corrected chi connectivity index (χ2v) is 4.40. The van der Waals surface area contributed by atoms with E-state index in [1.54, 1.807) is 0 Å². The molecule has 2 heterocycles. The SMILES string of the molecule is Cc1cc(F)c2nc3c(c(N)c2c1)COCC3. The van der Waals surface area contributed by atoms with Crippen molar-refractivity contribution in [3.8, 4) is 0 Å². The number of fused-ring (bicyclic) bond motifs is 2. The van der Waals surface area contributed by atoms with Gasteiger partial charge in [-0.3, -0.25) is 0 Å². The smallest absolute Gasteiger partial charge is 0.149 e. The quantitative estimate of drug-likeness (QED) is 0.758. The molecule has 0 bridgehead atoms. The van der Waals surface area contributed by atoms with E-state index in [-0.39, 0.29) is 5.82 Å². The van der Waals surface area contributed by atoms with Crippen LogP contribution in [0.4, 0.5) is 10.1 Å². The van der Waals surface area contributed by atoms with Crippen molar-refractivity contribution in [3.63, 3.8) is 0 Å². The molecule has 4 heteroatoms. The Morgan fingerprint density at radius 2 is 2.24 bits per heavy atom. The van der Waals surface area contributed by atoms with Crippen molar-refractivity contribution in [2.45, 2.75) is 20.0 Å². The van der Waals surface area contributed by atoms with E-state index >= 15 is 0 Å². The highest BCUT2D eigenvalue weighted by molar-refractivity contribution is 5.93. The van der Waals surface area contributed by atoms with E-state index in [1.165, 1.54) is 6.07 Å². The molecule has 2 aromatic rings. The van der Waals surface area contributed by atoms with Gasteiger partial charge < -0.3 is 10.5 Å². The van der Waals surface area contributed by atoms with Gasteiger partial charge in [-0.05, 0) is 24.6 Å². The predicted molar refractivity (Wildman–Crippen MR) is 64.2 cm³/mol. The third kappa shape index (κ3) is 1.56. The van der Waals surface area contributed by atoms with Crippen LogP contribution in [0.1, 0.15) is 16.8 Å². The van der Waals surface area contributed by atoms with Crippen LogP contribution in [-0.2, 0) is 17.8 Å². The predicted octanol–water partition coefficient (Wildman–Crippen LogP) is 2.34. The Kier molecular flexibility index (Phi) is 2.26. The van der Waals surface area contributed by atoms with Crippen molar-refractivity contribution in [2.75, 3.05) is 12.3 Å². The minimum absolute atomic E-state index is 0.305. The Morgan fingerprint density at radius 3 is 3.06 bits per heavy atom. The van der Waals surface area contributed by atoms with Crippen LogP contribution in [0.2, 0.25) is 0 Å². The zero-order chi connectivity index (χ0) is 12.0. The number of hydrogen-bond acceptors (Lipinski definition) is 3. The standard InChI is InChI=1S/C13H13FN2O/c1-7-4-8-12(15)9-6-17-3-2-11(9)16-13(8)10(14)5-7/h4-5H,2-3,6H2,1H3,(H2,15,16). The Bertz CT molecular complexity index is 610. The number of nitrogens with zero attached hydrogens (tertiary/aromatic N) is 1. The fraction of sp³-hybridized carbons (Fsp3) is 0.308. The Balaban J connectivity index is 2.40. The first-order valence-corrected chi connectivity index (χ1v) is 5.61. The maximum atomic E-state index is 13.8. The lowest BCUT2D eigenvalue weighted by Gasteiger charge is -2.19. The topological polar surface area (TPSA) is 48.1 Å². The van der Waals surface area contributed by atoms with E-state index in [2.05, 4.69) is 4.98 Å². The molecular weight excluding hydrogens is 219 g/mol. The van der Waals surface area contributed by atoms with Gasteiger partial charge in [0, 0.05) is 23.1 Å². The van der Waals surface area contributed by atoms with Crippen LogP contribution in [0.5, 0.6) is 0 Å². The molecule has 0 saturated carbocycles. The molecule has 0 spiro atoms. The number of halogens is 1. The summed E-state index contributed by atoms with van der Waals surface area (Å²) in [5, 5.41) is 0.687. The van der Waals surface area contributed by atoms with E-state index in [4.69, 9.17) is 10.5 Å². The van der Waals surface area contributed by atoms with Gasteiger partial charge in [0.1, 0.15) is 11.3 Å². The molecule has 1 aliphatic heterocycles. The second kappa shape index (κ2) is 3.67. The number of nitrogen functional groups attached to an aromatic ring is 1. The molecule has 0 atom stereocenters. The second-order valence-electron chi connectivity index (χ2n) is 4.40. The highest BCUT2D eigenvalue weighted by atomic mass is 19.1. The van der Waals surface area contributed by atoms with Gasteiger partial charge in [0.05, 0.1) is 18.9 Å². The summed E-state index contributed by atoms with van der Waals surface area (Å²) in [6.45, 7) is 2.94. The molecule has 3 nitrogen and oxygen atoms in total. The van der Waals surface area contributed by atoms with Crippen molar-refractivity contribution >= 4 is 16.6 Å². The van der Waals surface area contributed by atoms with Crippen molar-refractivity contribution in [1.29, 1.82) is 0 Å². The van der Waals surface area contributed by atoms with Crippen molar-refractivity contribution in [3.05, 3.63) is 34.8 Å². The summed E-state index contributed by atoms with van der Waals surface area (Å²) in [7, 11) is 0. The number of anilines is 1. The highest BCUT2D eigenvalue weighted by Gasteiger charge is 2.18. The molecule has 0 amide bonds. The summed E-state index contributed by atoms with van der Waals surface area (Å²) in [6, 6.07) is 3.36. The van der Waals surface area contributed by atoms with E-state index < -0.39 is 0 Å². The first-order chi connectivity index (χ1) is 8.16. The Morgan fingerprint density at radius 1 is 1.41 bits per heavy atom. The highest BCUT2D eigenvalue weighted by Crippen LogP contribution is 2.30. The molecule has 88 valence electrons. The lowest BCUT2D eigenvalue weighted by Crippen LogP contribution is -2.14. The third-order valence-electron chi connectivity index (χ3n) is 3.15. The maximum absolute atomic E-state index is 13.8. The van der Waals surface area contributed by atoms with Gasteiger partial charge >= 0.3 is 0 Å². The van der Waals surface area contributed by atoms with Crippen LogP contribution in [0.15, 0.2) is 12.1 Å². The number of rotatable bonds is 0. The largest absolute Gasteiger partial charge is 0.398 e. The van der Waals surface area contributed by atoms with Gasteiger partial charge in [0.2, 0.25) is 0 Å². The van der Waals surface area contributed by atoms with Crippen molar-refractivity contribution in [2.24, 2.45) is 0 Å². The number of hydrogen-bond donors (Lipinski definition) is 1. The summed E-state index contributed by atoms with van der Waals surface area (Å²) >= 11 is 0. The molecule has 3 rings (SSSR count). The zero-order valence-electron chi connectivity index (χ0n) is 9.59. The van der Waals surface area contributed by atoms with Crippen LogP contribution in [0, 0.1) is 12.7 Å². The number of pyridine rings is 1. The average Bonchev–Trinajstić information content (AvgIpc) is 2.31. The lowest BCUT2D eigenvalue weighted by atomic mass is 10.0. The van der Waals surface area contributed by atoms with Gasteiger partial charge in [-0.15, -0.1) is 0 Å². The summed E-state index contributed by atoms with van der Waals surface area (Å²) < 4.78 is 19.2. The normalized spacial score (nSPS) is 14.9. The van der Waals surface area contributed by atoms with E-state index in [0.29, 0.717) is 36.2 Å². The third-order valence-corrected chi connectivity index (χ3v) is 3.15. The zero-order valence-corrected chi connectivity index (χ0v) is 9.59. The minimum atomic E-state index is -0.305. The average molecular weight is 232 g/mol. The Hall–Kier alpha value is -1.68.